The molecule has 1 atom stereocenters. The highest BCUT2D eigenvalue weighted by atomic mass is 16.5. The lowest BCUT2D eigenvalue weighted by atomic mass is 9.90. The van der Waals surface area contributed by atoms with Crippen LogP contribution in [0.2, 0.25) is 0 Å². The van der Waals surface area contributed by atoms with E-state index in [0.29, 0.717) is 29.7 Å². The first-order chi connectivity index (χ1) is 21.9. The lowest BCUT2D eigenvalue weighted by molar-refractivity contribution is 0.0518. The Hall–Kier alpha value is -5.41. The van der Waals surface area contributed by atoms with E-state index in [-0.39, 0.29) is 36.5 Å². The molecule has 0 spiro atoms. The molecule has 11 heteroatoms. The predicted octanol–water partition coefficient (Wildman–Crippen LogP) is 6.63. The maximum Gasteiger partial charge on any atom is 0.359 e. The second-order valence-electron chi connectivity index (χ2n) is 10.8. The van der Waals surface area contributed by atoms with Gasteiger partial charge in [0.1, 0.15) is 0 Å². The normalized spacial score (nSPS) is 13.9. The van der Waals surface area contributed by atoms with Crippen LogP contribution in [0.25, 0.3) is 27.3 Å². The number of fused-ring (bicyclic) bond motifs is 1. The number of rotatable bonds is 11. The lowest BCUT2D eigenvalue weighted by Crippen LogP contribution is -2.46. The number of nitrogens with zero attached hydrogens (tertiary/aromatic N) is 6. The Bertz CT molecular complexity index is 1780. The van der Waals surface area contributed by atoms with Crippen molar-refractivity contribution in [1.82, 2.24) is 14.7 Å². The molecule has 2 heterocycles. The molecule has 230 valence electrons. The zero-order chi connectivity index (χ0) is 31.9. The smallest absolute Gasteiger partial charge is 0.359 e. The Balaban J connectivity index is 1.75. The summed E-state index contributed by atoms with van der Waals surface area (Å²) < 4.78 is 7.13. The maximum atomic E-state index is 14.6. The van der Waals surface area contributed by atoms with Crippen LogP contribution in [0.5, 0.6) is 0 Å². The summed E-state index contributed by atoms with van der Waals surface area (Å²) in [5.41, 5.74) is 13.4. The van der Waals surface area contributed by atoms with Gasteiger partial charge in [0.15, 0.2) is 5.69 Å². The standard InChI is InChI=1S/C34H34N6O5/c1-3-5-15-29-30(31(34(44)45-4-2)37-40(29)25-13-7-6-8-14-25)27-17-16-23(33(42)43)19-28(27)32(41)39-21-24-12-10-9-11-22(24)18-26(39)20-36-38-35/h6-14,16-17,19,26H,3-5,15,18,20-21H2,1-2H3,(H,42,43). The number of azide groups is 1. The summed E-state index contributed by atoms with van der Waals surface area (Å²) in [6.45, 7) is 4.18. The van der Waals surface area contributed by atoms with Crippen molar-refractivity contribution in [3.8, 4) is 16.8 Å². The first kappa shape index (κ1) is 31.0. The van der Waals surface area contributed by atoms with Crippen LogP contribution in [0, 0.1) is 0 Å². The predicted molar refractivity (Wildman–Crippen MR) is 168 cm³/mol. The monoisotopic (exact) mass is 606 g/mol. The van der Waals surface area contributed by atoms with Gasteiger partial charge in [-0.2, -0.15) is 5.10 Å². The molecule has 4 aromatic rings. The zero-order valence-electron chi connectivity index (χ0n) is 25.2. The van der Waals surface area contributed by atoms with Gasteiger partial charge in [0.25, 0.3) is 5.91 Å². The number of ether oxygens (including phenoxy) is 1. The van der Waals surface area contributed by atoms with Crippen molar-refractivity contribution in [1.29, 1.82) is 0 Å². The summed E-state index contributed by atoms with van der Waals surface area (Å²) in [5.74, 6) is -2.28. The van der Waals surface area contributed by atoms with Gasteiger partial charge in [-0.1, -0.05) is 67.0 Å². The number of aromatic nitrogens is 2. The third-order valence-corrected chi connectivity index (χ3v) is 7.96. The fourth-order valence-electron chi connectivity index (χ4n) is 5.78. The van der Waals surface area contributed by atoms with Gasteiger partial charge in [-0.05, 0) is 72.7 Å². The van der Waals surface area contributed by atoms with Crippen LogP contribution in [0.1, 0.15) is 74.7 Å². The minimum Gasteiger partial charge on any atom is -0.478 e. The van der Waals surface area contributed by atoms with Crippen molar-refractivity contribution in [2.24, 2.45) is 5.11 Å². The van der Waals surface area contributed by atoms with Gasteiger partial charge in [-0.3, -0.25) is 4.79 Å². The SMILES string of the molecule is CCCCc1c(-c2ccc(C(=O)O)cc2C(=O)N2Cc3ccccc3CC2CN=[N+]=[N-])c(C(=O)OCC)nn1-c1ccccc1. The number of para-hydroxylation sites is 1. The van der Waals surface area contributed by atoms with Crippen molar-refractivity contribution in [3.63, 3.8) is 0 Å². The van der Waals surface area contributed by atoms with Gasteiger partial charge < -0.3 is 14.7 Å². The molecule has 11 nitrogen and oxygen atoms in total. The van der Waals surface area contributed by atoms with E-state index in [0.717, 1.165) is 29.7 Å². The van der Waals surface area contributed by atoms with Gasteiger partial charge in [-0.15, -0.1) is 0 Å². The zero-order valence-corrected chi connectivity index (χ0v) is 25.2. The Morgan fingerprint density at radius 1 is 1.04 bits per heavy atom. The molecule has 1 unspecified atom stereocenters. The molecule has 0 saturated carbocycles. The highest BCUT2D eigenvalue weighted by Gasteiger charge is 2.34. The van der Waals surface area contributed by atoms with Crippen LogP contribution < -0.4 is 0 Å². The molecule has 1 aliphatic rings. The third kappa shape index (κ3) is 6.44. The van der Waals surface area contributed by atoms with E-state index in [1.54, 1.807) is 22.6 Å². The second kappa shape index (κ2) is 13.9. The lowest BCUT2D eigenvalue weighted by Gasteiger charge is -2.37. The molecule has 1 aromatic heterocycles. The number of carboxylic acids is 1. The van der Waals surface area contributed by atoms with Crippen LogP contribution in [-0.2, 0) is 24.1 Å². The first-order valence-corrected chi connectivity index (χ1v) is 15.0. The molecule has 5 rings (SSSR count). The largest absolute Gasteiger partial charge is 0.478 e. The van der Waals surface area contributed by atoms with Crippen molar-refractivity contribution in [3.05, 3.63) is 117 Å². The first-order valence-electron chi connectivity index (χ1n) is 15.0. The molecule has 0 saturated heterocycles. The Morgan fingerprint density at radius 2 is 1.78 bits per heavy atom. The summed E-state index contributed by atoms with van der Waals surface area (Å²) in [6.07, 6.45) is 2.66. The molecule has 0 fully saturated rings. The number of benzene rings is 3. The van der Waals surface area contributed by atoms with Crippen LogP contribution in [0.15, 0.2) is 77.9 Å². The number of unbranched alkanes of at least 4 members (excludes halogenated alkanes) is 1. The fourth-order valence-corrected chi connectivity index (χ4v) is 5.78. The third-order valence-electron chi connectivity index (χ3n) is 7.96. The number of hydrogen-bond donors (Lipinski definition) is 1. The molecule has 0 aliphatic carbocycles. The van der Waals surface area contributed by atoms with Gasteiger partial charge in [0.2, 0.25) is 0 Å². The van der Waals surface area contributed by atoms with Crippen LogP contribution in [0.3, 0.4) is 0 Å². The topological polar surface area (TPSA) is 150 Å². The van der Waals surface area contributed by atoms with Crippen LogP contribution in [0.4, 0.5) is 0 Å². The van der Waals surface area contributed by atoms with Gasteiger partial charge in [0, 0.05) is 35.2 Å². The maximum absolute atomic E-state index is 14.6. The highest BCUT2D eigenvalue weighted by Crippen LogP contribution is 2.36. The average molecular weight is 607 g/mol. The molecule has 3 aromatic carbocycles. The highest BCUT2D eigenvalue weighted by molar-refractivity contribution is 6.06. The van der Waals surface area contributed by atoms with Gasteiger partial charge >= 0.3 is 11.9 Å². The molecular weight excluding hydrogens is 572 g/mol. The van der Waals surface area contributed by atoms with E-state index < -0.39 is 23.9 Å². The number of carbonyl (C=O) groups is 3. The van der Waals surface area contributed by atoms with Crippen molar-refractivity contribution in [2.75, 3.05) is 13.2 Å². The van der Waals surface area contributed by atoms with Crippen molar-refractivity contribution < 1.29 is 24.2 Å². The number of amides is 1. The summed E-state index contributed by atoms with van der Waals surface area (Å²) in [6, 6.07) is 21.0. The summed E-state index contributed by atoms with van der Waals surface area (Å²) in [7, 11) is 0. The molecule has 1 aliphatic heterocycles. The quantitative estimate of drug-likeness (QED) is 0.0875. The van der Waals surface area contributed by atoms with Crippen molar-refractivity contribution in [2.45, 2.75) is 52.1 Å². The minimum absolute atomic E-state index is 0.0403. The van der Waals surface area contributed by atoms with Crippen molar-refractivity contribution >= 4 is 17.8 Å². The summed E-state index contributed by atoms with van der Waals surface area (Å²) in [4.78, 5) is 44.8. The minimum atomic E-state index is -1.19. The Morgan fingerprint density at radius 3 is 2.47 bits per heavy atom. The van der Waals surface area contributed by atoms with Gasteiger partial charge in [-0.25, -0.2) is 14.3 Å². The summed E-state index contributed by atoms with van der Waals surface area (Å²) >= 11 is 0. The van der Waals surface area contributed by atoms with Crippen LogP contribution >= 0.6 is 0 Å². The van der Waals surface area contributed by atoms with E-state index in [2.05, 4.69) is 16.9 Å². The Kier molecular flexibility index (Phi) is 9.60. The summed E-state index contributed by atoms with van der Waals surface area (Å²) in [5, 5.41) is 18.4. The number of esters is 1. The molecule has 0 radical (unpaired) electrons. The second-order valence-corrected chi connectivity index (χ2v) is 10.8. The fraction of sp³-hybridized carbons (Fsp3) is 0.294. The van der Waals surface area contributed by atoms with E-state index in [1.807, 2.05) is 54.6 Å². The number of aromatic carboxylic acids is 1. The average Bonchev–Trinajstić information content (AvgIpc) is 3.45. The number of hydrogen-bond acceptors (Lipinski definition) is 6. The molecule has 1 amide bonds. The van der Waals surface area contributed by atoms with E-state index >= 15 is 0 Å². The molecule has 0 bridgehead atoms. The number of carboxylic acid groups (broad SMARTS) is 1. The van der Waals surface area contributed by atoms with Gasteiger partial charge in [0.05, 0.1) is 23.6 Å². The molecular formula is C34H34N6O5. The Labute approximate surface area is 260 Å². The number of carbonyl (C=O) groups excluding carboxylic acids is 2. The van der Waals surface area contributed by atoms with E-state index in [9.17, 15) is 19.5 Å². The van der Waals surface area contributed by atoms with Crippen LogP contribution in [-0.4, -0.2) is 56.8 Å². The van der Waals surface area contributed by atoms with E-state index in [4.69, 9.17) is 15.4 Å². The van der Waals surface area contributed by atoms with E-state index in [1.165, 1.54) is 12.1 Å². The molecule has 45 heavy (non-hydrogen) atoms. The molecule has 1 N–H and O–H groups in total.